The van der Waals surface area contributed by atoms with Crippen molar-refractivity contribution < 1.29 is 9.84 Å². The van der Waals surface area contributed by atoms with Crippen molar-refractivity contribution in [2.24, 2.45) is 11.3 Å². The van der Waals surface area contributed by atoms with E-state index in [2.05, 4.69) is 46.5 Å². The van der Waals surface area contributed by atoms with Gasteiger partial charge in [0.05, 0.1) is 7.11 Å². The van der Waals surface area contributed by atoms with E-state index in [9.17, 15) is 0 Å². The number of aromatic nitrogens is 3. The number of anilines is 2. The third kappa shape index (κ3) is 4.49. The second-order valence-electron chi connectivity index (χ2n) is 5.19. The molecular formula is C11H22N6O2. The Kier molecular flexibility index (Phi) is 5.25. The van der Waals surface area contributed by atoms with Crippen LogP contribution in [0.1, 0.15) is 27.2 Å². The number of aliphatic hydroxyl groups excluding tert-OH is 1. The van der Waals surface area contributed by atoms with Gasteiger partial charge in [-0.2, -0.15) is 15.0 Å². The summed E-state index contributed by atoms with van der Waals surface area (Å²) in [5.74, 6) is 5.86. The highest BCUT2D eigenvalue weighted by atomic mass is 16.5. The highest BCUT2D eigenvalue weighted by molar-refractivity contribution is 5.36. The van der Waals surface area contributed by atoms with E-state index >= 15 is 0 Å². The number of nitrogens with zero attached hydrogens (tertiary/aromatic N) is 3. The molecule has 0 aliphatic carbocycles. The first kappa shape index (κ1) is 15.4. The van der Waals surface area contributed by atoms with Gasteiger partial charge in [0, 0.05) is 12.6 Å². The predicted octanol–water partition coefficient (Wildman–Crippen LogP) is 0.375. The van der Waals surface area contributed by atoms with Crippen molar-refractivity contribution in [3.8, 4) is 6.01 Å². The zero-order valence-electron chi connectivity index (χ0n) is 11.8. The number of nitrogen functional groups attached to an aromatic ring is 1. The fraction of sp³-hybridized carbons (Fsp3) is 0.727. The summed E-state index contributed by atoms with van der Waals surface area (Å²) in [5, 5.41) is 12.3. The molecule has 0 saturated heterocycles. The van der Waals surface area contributed by atoms with Gasteiger partial charge in [0.1, 0.15) is 0 Å². The van der Waals surface area contributed by atoms with Gasteiger partial charge in [0.25, 0.3) is 0 Å². The van der Waals surface area contributed by atoms with Gasteiger partial charge in [-0.3, -0.25) is 5.43 Å². The van der Waals surface area contributed by atoms with Crippen molar-refractivity contribution in [2.45, 2.75) is 33.2 Å². The molecule has 108 valence electrons. The summed E-state index contributed by atoms with van der Waals surface area (Å²) in [7, 11) is 1.47. The van der Waals surface area contributed by atoms with Gasteiger partial charge in [0.2, 0.25) is 11.9 Å². The van der Waals surface area contributed by atoms with Crippen LogP contribution < -0.4 is 21.3 Å². The van der Waals surface area contributed by atoms with E-state index in [1.165, 1.54) is 7.11 Å². The zero-order valence-corrected chi connectivity index (χ0v) is 11.8. The van der Waals surface area contributed by atoms with Crippen LogP contribution in [0.4, 0.5) is 11.9 Å². The average molecular weight is 270 g/mol. The maximum Gasteiger partial charge on any atom is 0.322 e. The largest absolute Gasteiger partial charge is 0.467 e. The van der Waals surface area contributed by atoms with E-state index < -0.39 is 0 Å². The third-order valence-corrected chi connectivity index (χ3v) is 2.69. The summed E-state index contributed by atoms with van der Waals surface area (Å²) in [4.78, 5) is 12.1. The molecule has 0 saturated carbocycles. The van der Waals surface area contributed by atoms with Crippen LogP contribution in [0.5, 0.6) is 6.01 Å². The minimum absolute atomic E-state index is 0.00947. The molecule has 0 amide bonds. The summed E-state index contributed by atoms with van der Waals surface area (Å²) in [6, 6.07) is 0.178. The summed E-state index contributed by atoms with van der Waals surface area (Å²) in [6.07, 6.45) is 0.586. The smallest absolute Gasteiger partial charge is 0.322 e. The van der Waals surface area contributed by atoms with E-state index in [-0.39, 0.29) is 30.0 Å². The van der Waals surface area contributed by atoms with Crippen LogP contribution in [0.25, 0.3) is 0 Å². The van der Waals surface area contributed by atoms with Crippen molar-refractivity contribution in [1.82, 2.24) is 15.0 Å². The molecule has 1 heterocycles. The molecule has 1 aromatic heterocycles. The number of methoxy groups -OCH3 is 1. The second kappa shape index (κ2) is 6.48. The normalized spacial score (nSPS) is 12.9. The van der Waals surface area contributed by atoms with Crippen LogP contribution in [-0.4, -0.2) is 39.8 Å². The van der Waals surface area contributed by atoms with E-state index in [0.717, 1.165) is 0 Å². The Morgan fingerprint density at radius 3 is 2.37 bits per heavy atom. The monoisotopic (exact) mass is 270 g/mol. The van der Waals surface area contributed by atoms with Crippen LogP contribution >= 0.6 is 0 Å². The van der Waals surface area contributed by atoms with Crippen LogP contribution in [0, 0.1) is 5.41 Å². The molecule has 8 heteroatoms. The lowest BCUT2D eigenvalue weighted by atomic mass is 9.85. The molecule has 0 aliphatic rings. The fourth-order valence-corrected chi connectivity index (χ4v) is 1.58. The van der Waals surface area contributed by atoms with Crippen LogP contribution in [0.2, 0.25) is 0 Å². The maximum atomic E-state index is 9.13. The molecular weight excluding hydrogens is 248 g/mol. The van der Waals surface area contributed by atoms with E-state index in [4.69, 9.17) is 15.7 Å². The highest BCUT2D eigenvalue weighted by Gasteiger charge is 2.25. The molecule has 0 fully saturated rings. The molecule has 0 radical (unpaired) electrons. The van der Waals surface area contributed by atoms with E-state index in [1.807, 2.05) is 0 Å². The molecule has 8 nitrogen and oxygen atoms in total. The second-order valence-corrected chi connectivity index (χ2v) is 5.19. The van der Waals surface area contributed by atoms with Gasteiger partial charge in [-0.1, -0.05) is 20.8 Å². The van der Waals surface area contributed by atoms with Gasteiger partial charge in [-0.15, -0.1) is 0 Å². The number of rotatable bonds is 6. The summed E-state index contributed by atoms with van der Waals surface area (Å²) in [5.41, 5.74) is 2.30. The standard InChI is InChI=1S/C11H22N6O2/c1-11(2,3)7(5-6-18)13-8-14-9(17-12)16-10(15-8)19-4/h7,18H,5-6,12H2,1-4H3,(H2,13,14,15,16,17). The van der Waals surface area contributed by atoms with Crippen LogP contribution in [-0.2, 0) is 0 Å². The number of aliphatic hydroxyl groups is 1. The SMILES string of the molecule is COc1nc(NN)nc(NC(CCO)C(C)(C)C)n1. The van der Waals surface area contributed by atoms with Crippen LogP contribution in [0.3, 0.4) is 0 Å². The zero-order chi connectivity index (χ0) is 14.5. The molecule has 1 unspecified atom stereocenters. The topological polar surface area (TPSA) is 118 Å². The summed E-state index contributed by atoms with van der Waals surface area (Å²) >= 11 is 0. The Morgan fingerprint density at radius 2 is 1.89 bits per heavy atom. The maximum absolute atomic E-state index is 9.13. The Balaban J connectivity index is 2.95. The Morgan fingerprint density at radius 1 is 1.26 bits per heavy atom. The van der Waals surface area contributed by atoms with Crippen molar-refractivity contribution >= 4 is 11.9 Å². The van der Waals surface area contributed by atoms with Gasteiger partial charge in [-0.05, 0) is 11.8 Å². The van der Waals surface area contributed by atoms with Gasteiger partial charge in [0.15, 0.2) is 0 Å². The Hall–Kier alpha value is -1.67. The van der Waals surface area contributed by atoms with Crippen molar-refractivity contribution in [2.75, 3.05) is 24.5 Å². The first-order valence-electron chi connectivity index (χ1n) is 6.04. The van der Waals surface area contributed by atoms with E-state index in [0.29, 0.717) is 12.4 Å². The Bertz CT molecular complexity index is 384. The molecule has 19 heavy (non-hydrogen) atoms. The Labute approximate surface area is 112 Å². The number of hydrazine groups is 1. The number of ether oxygens (including phenoxy) is 1. The van der Waals surface area contributed by atoms with E-state index in [1.54, 1.807) is 0 Å². The molecule has 0 aliphatic heterocycles. The predicted molar refractivity (Wildman–Crippen MR) is 72.8 cm³/mol. The minimum Gasteiger partial charge on any atom is -0.467 e. The molecule has 0 spiro atoms. The first-order valence-corrected chi connectivity index (χ1v) is 6.04. The van der Waals surface area contributed by atoms with Crippen molar-refractivity contribution in [1.29, 1.82) is 0 Å². The molecule has 1 rings (SSSR count). The lowest BCUT2D eigenvalue weighted by Crippen LogP contribution is -2.35. The number of hydrogen-bond acceptors (Lipinski definition) is 8. The highest BCUT2D eigenvalue weighted by Crippen LogP contribution is 2.25. The molecule has 5 N–H and O–H groups in total. The van der Waals surface area contributed by atoms with Crippen LogP contribution in [0.15, 0.2) is 0 Å². The molecule has 0 bridgehead atoms. The number of hydrogen-bond donors (Lipinski definition) is 4. The summed E-state index contributed by atoms with van der Waals surface area (Å²) < 4.78 is 4.98. The molecule has 1 aromatic rings. The fourth-order valence-electron chi connectivity index (χ4n) is 1.58. The third-order valence-electron chi connectivity index (χ3n) is 2.69. The van der Waals surface area contributed by atoms with Gasteiger partial charge in [-0.25, -0.2) is 5.84 Å². The minimum atomic E-state index is -0.0566. The number of nitrogens with one attached hydrogen (secondary N) is 2. The van der Waals surface area contributed by atoms with Crippen molar-refractivity contribution in [3.63, 3.8) is 0 Å². The van der Waals surface area contributed by atoms with Gasteiger partial charge >= 0.3 is 6.01 Å². The van der Waals surface area contributed by atoms with Crippen molar-refractivity contribution in [3.05, 3.63) is 0 Å². The average Bonchev–Trinajstić information content (AvgIpc) is 2.36. The lowest BCUT2D eigenvalue weighted by molar-refractivity contribution is 0.234. The quantitative estimate of drug-likeness (QED) is 0.432. The molecule has 0 aromatic carbocycles. The molecule has 1 atom stereocenters. The first-order chi connectivity index (χ1) is 8.90. The number of nitrogens with two attached hydrogens (primary N) is 1. The lowest BCUT2D eigenvalue weighted by Gasteiger charge is -2.31. The summed E-state index contributed by atoms with van der Waals surface area (Å²) in [6.45, 7) is 6.29. The van der Waals surface area contributed by atoms with Gasteiger partial charge < -0.3 is 15.2 Å².